The highest BCUT2D eigenvalue weighted by molar-refractivity contribution is 7.92. The summed E-state index contributed by atoms with van der Waals surface area (Å²) < 4.78 is 21.8. The lowest BCUT2D eigenvalue weighted by Gasteiger charge is -2.22. The van der Waals surface area contributed by atoms with Gasteiger partial charge in [-0.05, 0) is 26.0 Å². The number of para-hydroxylation sites is 1. The van der Waals surface area contributed by atoms with E-state index >= 15 is 0 Å². The smallest absolute Gasteiger partial charge is 0.255 e. The highest BCUT2D eigenvalue weighted by Crippen LogP contribution is 2.28. The quantitative estimate of drug-likeness (QED) is 0.705. The van der Waals surface area contributed by atoms with E-state index in [9.17, 15) is 23.4 Å². The van der Waals surface area contributed by atoms with Gasteiger partial charge in [0.15, 0.2) is 21.3 Å². The maximum Gasteiger partial charge on any atom is 0.255 e. The van der Waals surface area contributed by atoms with E-state index < -0.39 is 32.0 Å². The van der Waals surface area contributed by atoms with E-state index in [0.717, 1.165) is 6.26 Å². The molecule has 0 saturated carbocycles. The normalized spacial score (nSPS) is 12.2. The Balaban J connectivity index is 2.85. The van der Waals surface area contributed by atoms with Gasteiger partial charge in [-0.25, -0.2) is 8.42 Å². The molecule has 0 atom stereocenters. The summed E-state index contributed by atoms with van der Waals surface area (Å²) in [5.74, 6) is -1.59. The number of hydrogen-bond acceptors (Lipinski definition) is 5. The molecule has 0 fully saturated rings. The van der Waals surface area contributed by atoms with Gasteiger partial charge >= 0.3 is 0 Å². The van der Waals surface area contributed by atoms with E-state index in [0.29, 0.717) is 0 Å². The number of carbonyl (C=O) groups excluding carboxylic acids is 1. The van der Waals surface area contributed by atoms with Gasteiger partial charge in [0.05, 0.1) is 10.3 Å². The fraction of sp³-hybridized carbons (Fsp3) is 0.417. The van der Waals surface area contributed by atoms with Crippen molar-refractivity contribution in [2.24, 2.45) is 0 Å². The number of benzene rings is 1. The van der Waals surface area contributed by atoms with Crippen molar-refractivity contribution in [2.45, 2.75) is 18.6 Å². The zero-order chi connectivity index (χ0) is 14.8. The third-order valence-electron chi connectivity index (χ3n) is 2.94. The minimum Gasteiger partial charge on any atom is -0.504 e. The van der Waals surface area contributed by atoms with Crippen LogP contribution < -0.4 is 5.32 Å². The van der Waals surface area contributed by atoms with Crippen LogP contribution in [0, 0.1) is 0 Å². The summed E-state index contributed by atoms with van der Waals surface area (Å²) in [5.41, 5.74) is -0.107. The second kappa shape index (κ2) is 5.08. The van der Waals surface area contributed by atoms with Crippen LogP contribution in [-0.4, -0.2) is 42.1 Å². The first kappa shape index (κ1) is 15.3. The number of nitrogens with one attached hydrogen (secondary N) is 1. The first-order valence-corrected chi connectivity index (χ1v) is 7.44. The summed E-state index contributed by atoms with van der Waals surface area (Å²) >= 11 is 0. The number of carbonyl (C=O) groups is 1. The average Bonchev–Trinajstić information content (AvgIpc) is 2.28. The van der Waals surface area contributed by atoms with Crippen molar-refractivity contribution >= 4 is 15.7 Å². The molecule has 0 heterocycles. The third kappa shape index (κ3) is 3.37. The molecular weight excluding hydrogens is 270 g/mol. The van der Waals surface area contributed by atoms with Crippen molar-refractivity contribution in [3.05, 3.63) is 23.8 Å². The molecule has 0 unspecified atom stereocenters. The van der Waals surface area contributed by atoms with Gasteiger partial charge in [0.2, 0.25) is 0 Å². The van der Waals surface area contributed by atoms with E-state index in [1.165, 1.54) is 32.0 Å². The second-order valence-electron chi connectivity index (χ2n) is 4.89. The van der Waals surface area contributed by atoms with Crippen LogP contribution in [0.3, 0.4) is 0 Å². The maximum atomic E-state index is 11.8. The number of hydrogen-bond donors (Lipinski definition) is 3. The van der Waals surface area contributed by atoms with Gasteiger partial charge in [0, 0.05) is 12.8 Å². The number of phenols is 2. The Bertz CT molecular complexity index is 592. The Labute approximate surface area is 112 Å². The molecule has 3 N–H and O–H groups in total. The van der Waals surface area contributed by atoms with Crippen LogP contribution in [0.15, 0.2) is 18.2 Å². The minimum atomic E-state index is -3.33. The average molecular weight is 287 g/mol. The molecule has 0 saturated heterocycles. The summed E-state index contributed by atoms with van der Waals surface area (Å²) in [5, 5.41) is 21.2. The molecule has 106 valence electrons. The molecule has 6 nitrogen and oxygen atoms in total. The summed E-state index contributed by atoms with van der Waals surface area (Å²) in [6.45, 7) is 2.88. The summed E-state index contributed by atoms with van der Waals surface area (Å²) in [4.78, 5) is 11.8. The molecule has 7 heteroatoms. The predicted molar refractivity (Wildman–Crippen MR) is 71.0 cm³/mol. The van der Waals surface area contributed by atoms with Crippen molar-refractivity contribution in [3.8, 4) is 11.5 Å². The topological polar surface area (TPSA) is 104 Å². The fourth-order valence-electron chi connectivity index (χ4n) is 1.23. The standard InChI is InChI=1S/C12H17NO5S/c1-12(2,19(3,17)18)7-13-11(16)8-5-4-6-9(14)10(8)15/h4-6,14-15H,7H2,1-3H3,(H,13,16). The van der Waals surface area contributed by atoms with Gasteiger partial charge in [0.25, 0.3) is 5.91 Å². The predicted octanol–water partition coefficient (Wildman–Crippen LogP) is 0.651. The SMILES string of the molecule is CC(C)(CNC(=O)c1cccc(O)c1O)S(C)(=O)=O. The summed E-state index contributed by atoms with van der Waals surface area (Å²) in [7, 11) is -3.33. The van der Waals surface area contributed by atoms with Crippen LogP contribution in [0.5, 0.6) is 11.5 Å². The number of rotatable bonds is 4. The molecule has 1 rings (SSSR count). The molecule has 0 aliphatic heterocycles. The molecule has 1 amide bonds. The van der Waals surface area contributed by atoms with Gasteiger partial charge < -0.3 is 15.5 Å². The molecule has 1 aromatic carbocycles. The fourth-order valence-corrected chi connectivity index (χ4v) is 1.57. The zero-order valence-electron chi connectivity index (χ0n) is 11.0. The van der Waals surface area contributed by atoms with Gasteiger partial charge in [-0.15, -0.1) is 0 Å². The Kier molecular flexibility index (Phi) is 4.09. The first-order chi connectivity index (χ1) is 8.56. The highest BCUT2D eigenvalue weighted by Gasteiger charge is 2.30. The van der Waals surface area contributed by atoms with Gasteiger partial charge in [-0.3, -0.25) is 4.79 Å². The molecular formula is C12H17NO5S. The van der Waals surface area contributed by atoms with E-state index in [-0.39, 0.29) is 12.1 Å². The molecule has 0 aromatic heterocycles. The Hall–Kier alpha value is -1.76. The van der Waals surface area contributed by atoms with Crippen molar-refractivity contribution in [2.75, 3.05) is 12.8 Å². The van der Waals surface area contributed by atoms with Gasteiger partial charge in [-0.1, -0.05) is 6.07 Å². The van der Waals surface area contributed by atoms with Crippen molar-refractivity contribution in [3.63, 3.8) is 0 Å². The first-order valence-electron chi connectivity index (χ1n) is 5.55. The number of sulfone groups is 1. The van der Waals surface area contributed by atoms with E-state index in [1.54, 1.807) is 0 Å². The Morgan fingerprint density at radius 3 is 2.42 bits per heavy atom. The molecule has 0 aliphatic rings. The Morgan fingerprint density at radius 2 is 1.89 bits per heavy atom. The number of aromatic hydroxyl groups is 2. The molecule has 0 spiro atoms. The molecule has 19 heavy (non-hydrogen) atoms. The van der Waals surface area contributed by atoms with Crippen LogP contribution in [0.1, 0.15) is 24.2 Å². The monoisotopic (exact) mass is 287 g/mol. The second-order valence-corrected chi connectivity index (χ2v) is 7.54. The van der Waals surface area contributed by atoms with E-state index in [2.05, 4.69) is 5.32 Å². The summed E-state index contributed by atoms with van der Waals surface area (Å²) in [6, 6.07) is 3.98. The van der Waals surface area contributed by atoms with Gasteiger partial charge in [-0.2, -0.15) is 0 Å². The lowest BCUT2D eigenvalue weighted by Crippen LogP contribution is -2.43. The van der Waals surface area contributed by atoms with E-state index in [4.69, 9.17) is 0 Å². The molecule has 1 aromatic rings. The molecule has 0 radical (unpaired) electrons. The molecule has 0 bridgehead atoms. The number of amides is 1. The largest absolute Gasteiger partial charge is 0.504 e. The van der Waals surface area contributed by atoms with Gasteiger partial charge in [0.1, 0.15) is 0 Å². The van der Waals surface area contributed by atoms with Crippen LogP contribution >= 0.6 is 0 Å². The lowest BCUT2D eigenvalue weighted by molar-refractivity contribution is 0.0947. The van der Waals surface area contributed by atoms with Crippen molar-refractivity contribution in [1.82, 2.24) is 5.32 Å². The van der Waals surface area contributed by atoms with Crippen molar-refractivity contribution < 1.29 is 23.4 Å². The highest BCUT2D eigenvalue weighted by atomic mass is 32.2. The minimum absolute atomic E-state index is 0.0975. The third-order valence-corrected chi connectivity index (χ3v) is 5.09. The van der Waals surface area contributed by atoms with Crippen LogP contribution in [0.2, 0.25) is 0 Å². The van der Waals surface area contributed by atoms with Crippen LogP contribution in [0.4, 0.5) is 0 Å². The number of phenolic OH excluding ortho intramolecular Hbond substituents is 2. The van der Waals surface area contributed by atoms with Crippen LogP contribution in [-0.2, 0) is 9.84 Å². The van der Waals surface area contributed by atoms with Crippen LogP contribution in [0.25, 0.3) is 0 Å². The van der Waals surface area contributed by atoms with Crippen molar-refractivity contribution in [1.29, 1.82) is 0 Å². The maximum absolute atomic E-state index is 11.8. The Morgan fingerprint density at radius 1 is 1.32 bits per heavy atom. The zero-order valence-corrected chi connectivity index (χ0v) is 11.8. The lowest BCUT2D eigenvalue weighted by atomic mass is 10.1. The van der Waals surface area contributed by atoms with E-state index in [1.807, 2.05) is 0 Å². The summed E-state index contributed by atoms with van der Waals surface area (Å²) in [6.07, 6.45) is 1.09. The molecule has 0 aliphatic carbocycles.